The van der Waals surface area contributed by atoms with Crippen molar-refractivity contribution in [2.24, 2.45) is 0 Å². The molecule has 1 aromatic carbocycles. The summed E-state index contributed by atoms with van der Waals surface area (Å²) in [7, 11) is 0. The minimum Gasteiger partial charge on any atom is -0.457 e. The molecule has 1 heterocycles. The first-order chi connectivity index (χ1) is 9.38. The van der Waals surface area contributed by atoms with Gasteiger partial charge in [0, 0.05) is 24.6 Å². The molecule has 0 saturated carbocycles. The number of rotatable bonds is 4. The molecule has 1 aromatic heterocycles. The third-order valence-corrected chi connectivity index (χ3v) is 3.42. The Morgan fingerprint density at radius 3 is 2.84 bits per heavy atom. The van der Waals surface area contributed by atoms with Gasteiger partial charge in [-0.2, -0.15) is 0 Å². The number of aromatic nitrogens is 1. The van der Waals surface area contributed by atoms with E-state index in [0.717, 1.165) is 30.9 Å². The Bertz CT molecular complexity index is 554. The highest BCUT2D eigenvalue weighted by molar-refractivity contribution is 5.46. The Balaban J connectivity index is 1.88. The maximum atomic E-state index is 5.95. The van der Waals surface area contributed by atoms with E-state index in [4.69, 9.17) is 9.47 Å². The van der Waals surface area contributed by atoms with Gasteiger partial charge in [-0.25, -0.2) is 0 Å². The Hall–Kier alpha value is -1.87. The second kappa shape index (κ2) is 5.41. The van der Waals surface area contributed by atoms with E-state index in [1.165, 1.54) is 11.1 Å². The Labute approximate surface area is 113 Å². The van der Waals surface area contributed by atoms with Crippen LogP contribution in [0.5, 0.6) is 11.5 Å². The molecule has 0 aliphatic heterocycles. The maximum Gasteiger partial charge on any atom is 0.130 e. The van der Waals surface area contributed by atoms with Crippen LogP contribution in [0.4, 0.5) is 0 Å². The Morgan fingerprint density at radius 2 is 2.05 bits per heavy atom. The van der Waals surface area contributed by atoms with Gasteiger partial charge >= 0.3 is 0 Å². The fraction of sp³-hybridized carbons (Fsp3) is 0.312. The molecule has 0 saturated heterocycles. The number of fused-ring (bicyclic) bond motifs is 1. The van der Waals surface area contributed by atoms with Crippen LogP contribution < -0.4 is 4.74 Å². The first-order valence-electron chi connectivity index (χ1n) is 6.69. The topological polar surface area (TPSA) is 31.4 Å². The van der Waals surface area contributed by atoms with Crippen LogP contribution in [0.1, 0.15) is 30.6 Å². The van der Waals surface area contributed by atoms with Crippen LogP contribution >= 0.6 is 0 Å². The molecule has 2 aromatic rings. The van der Waals surface area contributed by atoms with Crippen molar-refractivity contribution in [1.29, 1.82) is 0 Å². The molecular weight excluding hydrogens is 238 g/mol. The van der Waals surface area contributed by atoms with E-state index in [0.29, 0.717) is 0 Å². The van der Waals surface area contributed by atoms with Gasteiger partial charge in [-0.1, -0.05) is 12.1 Å². The van der Waals surface area contributed by atoms with Crippen molar-refractivity contribution >= 4 is 0 Å². The molecule has 1 aliphatic carbocycles. The standard InChI is InChI=1S/C16H17NO2/c1-2-18-15-7-6-14-13(15)4-3-5-16(14)19-12-8-10-17-11-9-12/h3-5,8-11,15H,2,6-7H2,1H3/t15-/m1/s1. The zero-order valence-corrected chi connectivity index (χ0v) is 11.0. The molecule has 0 spiro atoms. The molecule has 19 heavy (non-hydrogen) atoms. The van der Waals surface area contributed by atoms with Gasteiger partial charge in [0.2, 0.25) is 0 Å². The molecule has 1 atom stereocenters. The van der Waals surface area contributed by atoms with Crippen molar-refractivity contribution in [3.05, 3.63) is 53.9 Å². The van der Waals surface area contributed by atoms with Gasteiger partial charge in [0.1, 0.15) is 11.5 Å². The van der Waals surface area contributed by atoms with Crippen LogP contribution in [-0.2, 0) is 11.2 Å². The molecule has 0 unspecified atom stereocenters. The maximum absolute atomic E-state index is 5.95. The van der Waals surface area contributed by atoms with E-state index < -0.39 is 0 Å². The van der Waals surface area contributed by atoms with Crippen LogP contribution in [-0.4, -0.2) is 11.6 Å². The van der Waals surface area contributed by atoms with E-state index in [1.54, 1.807) is 12.4 Å². The number of ether oxygens (including phenoxy) is 2. The highest BCUT2D eigenvalue weighted by Crippen LogP contribution is 2.40. The zero-order chi connectivity index (χ0) is 13.1. The number of nitrogens with zero attached hydrogens (tertiary/aromatic N) is 1. The third-order valence-electron chi connectivity index (χ3n) is 3.42. The molecule has 1 aliphatic rings. The molecule has 0 amide bonds. The molecule has 0 bridgehead atoms. The van der Waals surface area contributed by atoms with E-state index in [2.05, 4.69) is 11.1 Å². The molecule has 3 rings (SSSR count). The van der Waals surface area contributed by atoms with Gasteiger partial charge in [-0.05, 0) is 43.5 Å². The first kappa shape index (κ1) is 12.2. The highest BCUT2D eigenvalue weighted by atomic mass is 16.5. The quantitative estimate of drug-likeness (QED) is 0.830. The van der Waals surface area contributed by atoms with Crippen LogP contribution in [0.3, 0.4) is 0 Å². The monoisotopic (exact) mass is 255 g/mol. The number of benzene rings is 1. The second-order valence-electron chi connectivity index (χ2n) is 4.59. The predicted octanol–water partition coefficient (Wildman–Crippen LogP) is 3.90. The predicted molar refractivity (Wildman–Crippen MR) is 73.4 cm³/mol. The lowest BCUT2D eigenvalue weighted by molar-refractivity contribution is 0.0640. The van der Waals surface area contributed by atoms with Crippen LogP contribution in [0.2, 0.25) is 0 Å². The summed E-state index contributed by atoms with van der Waals surface area (Å²) in [6.45, 7) is 2.79. The average Bonchev–Trinajstić information content (AvgIpc) is 2.85. The summed E-state index contributed by atoms with van der Waals surface area (Å²) in [5.74, 6) is 1.76. The lowest BCUT2D eigenvalue weighted by Gasteiger charge is -2.13. The van der Waals surface area contributed by atoms with Crippen LogP contribution in [0.15, 0.2) is 42.7 Å². The summed E-state index contributed by atoms with van der Waals surface area (Å²) < 4.78 is 11.7. The molecule has 0 fully saturated rings. The number of pyridine rings is 1. The number of hydrogen-bond acceptors (Lipinski definition) is 3. The lowest BCUT2D eigenvalue weighted by atomic mass is 10.1. The van der Waals surface area contributed by atoms with Gasteiger partial charge in [-0.3, -0.25) is 4.98 Å². The van der Waals surface area contributed by atoms with Crippen molar-refractivity contribution < 1.29 is 9.47 Å². The Kier molecular flexibility index (Phi) is 3.47. The first-order valence-corrected chi connectivity index (χ1v) is 6.69. The smallest absolute Gasteiger partial charge is 0.130 e. The van der Waals surface area contributed by atoms with Gasteiger partial charge in [-0.15, -0.1) is 0 Å². The van der Waals surface area contributed by atoms with Gasteiger partial charge in [0.15, 0.2) is 0 Å². The fourth-order valence-corrected chi connectivity index (χ4v) is 2.59. The molecule has 0 radical (unpaired) electrons. The van der Waals surface area contributed by atoms with E-state index in [1.807, 2.05) is 31.2 Å². The molecule has 3 heteroatoms. The van der Waals surface area contributed by atoms with E-state index in [-0.39, 0.29) is 6.10 Å². The van der Waals surface area contributed by atoms with Crippen molar-refractivity contribution in [1.82, 2.24) is 4.98 Å². The van der Waals surface area contributed by atoms with Crippen LogP contribution in [0.25, 0.3) is 0 Å². The average molecular weight is 255 g/mol. The lowest BCUT2D eigenvalue weighted by Crippen LogP contribution is -1.99. The SMILES string of the molecule is CCO[C@@H]1CCc2c(Oc3ccncc3)cccc21. The van der Waals surface area contributed by atoms with Gasteiger partial charge in [0.25, 0.3) is 0 Å². The molecule has 3 nitrogen and oxygen atoms in total. The highest BCUT2D eigenvalue weighted by Gasteiger charge is 2.25. The van der Waals surface area contributed by atoms with E-state index >= 15 is 0 Å². The summed E-state index contributed by atoms with van der Waals surface area (Å²) in [4.78, 5) is 4.00. The zero-order valence-electron chi connectivity index (χ0n) is 11.0. The summed E-state index contributed by atoms with van der Waals surface area (Å²) >= 11 is 0. The molecule has 98 valence electrons. The van der Waals surface area contributed by atoms with Crippen molar-refractivity contribution in [2.75, 3.05) is 6.61 Å². The number of hydrogen-bond donors (Lipinski definition) is 0. The summed E-state index contributed by atoms with van der Waals surface area (Å²) in [6, 6.07) is 9.94. The fourth-order valence-electron chi connectivity index (χ4n) is 2.59. The minimum atomic E-state index is 0.223. The summed E-state index contributed by atoms with van der Waals surface area (Å²) in [6.07, 6.45) is 5.76. The van der Waals surface area contributed by atoms with Crippen molar-refractivity contribution in [3.8, 4) is 11.5 Å². The summed E-state index contributed by atoms with van der Waals surface area (Å²) in [5.41, 5.74) is 2.55. The Morgan fingerprint density at radius 1 is 1.21 bits per heavy atom. The van der Waals surface area contributed by atoms with Gasteiger partial charge < -0.3 is 9.47 Å². The van der Waals surface area contributed by atoms with Crippen LogP contribution in [0, 0.1) is 0 Å². The van der Waals surface area contributed by atoms with Crippen molar-refractivity contribution in [2.45, 2.75) is 25.9 Å². The van der Waals surface area contributed by atoms with Gasteiger partial charge in [0.05, 0.1) is 6.10 Å². The minimum absolute atomic E-state index is 0.223. The molecular formula is C16H17NO2. The third kappa shape index (κ3) is 2.47. The van der Waals surface area contributed by atoms with E-state index in [9.17, 15) is 0 Å². The molecule has 0 N–H and O–H groups in total. The van der Waals surface area contributed by atoms with Crippen molar-refractivity contribution in [3.63, 3.8) is 0 Å². The second-order valence-corrected chi connectivity index (χ2v) is 4.59. The summed E-state index contributed by atoms with van der Waals surface area (Å²) in [5, 5.41) is 0. The normalized spacial score (nSPS) is 17.2. The largest absolute Gasteiger partial charge is 0.457 e.